The number of ether oxygens (including phenoxy) is 1. The fraction of sp³-hybridized carbons (Fsp3) is 0.600. The molecule has 14 heavy (non-hydrogen) atoms. The number of likely N-dealkylation sites (tertiary alicyclic amines) is 1. The van der Waals surface area contributed by atoms with Crippen LogP contribution in [0, 0.1) is 17.2 Å². The van der Waals surface area contributed by atoms with Crippen molar-refractivity contribution in [3.05, 3.63) is 12.3 Å². The highest BCUT2D eigenvalue weighted by atomic mass is 16.6. The zero-order valence-electron chi connectivity index (χ0n) is 8.32. The van der Waals surface area contributed by atoms with Crippen LogP contribution in [0.5, 0.6) is 0 Å². The molecule has 1 aliphatic rings. The Morgan fingerprint density at radius 1 is 1.57 bits per heavy atom. The molecule has 1 fully saturated rings. The minimum atomic E-state index is -0.353. The smallest absolute Gasteiger partial charge is 0.414 e. The standard InChI is InChI=1S/C10H14N2O2/c1-8(2)14-10(13)12-5-3-9(7-11)4-6-12/h9H,1,3-6H2,2H3. The lowest BCUT2D eigenvalue weighted by atomic mass is 9.99. The largest absolute Gasteiger partial charge is 0.416 e. The second-order valence-corrected chi connectivity index (χ2v) is 3.46. The minimum absolute atomic E-state index is 0.0869. The number of hydrogen-bond donors (Lipinski definition) is 0. The van der Waals surface area contributed by atoms with Gasteiger partial charge in [0, 0.05) is 19.0 Å². The number of piperidine rings is 1. The molecule has 1 rings (SSSR count). The van der Waals surface area contributed by atoms with E-state index in [0.29, 0.717) is 18.8 Å². The van der Waals surface area contributed by atoms with Gasteiger partial charge in [-0.1, -0.05) is 6.58 Å². The Hall–Kier alpha value is -1.50. The van der Waals surface area contributed by atoms with Crippen molar-refractivity contribution in [2.75, 3.05) is 13.1 Å². The molecule has 1 heterocycles. The first-order chi connectivity index (χ1) is 6.63. The third-order valence-corrected chi connectivity index (χ3v) is 2.20. The van der Waals surface area contributed by atoms with Crippen molar-refractivity contribution in [2.24, 2.45) is 5.92 Å². The fourth-order valence-corrected chi connectivity index (χ4v) is 1.40. The molecule has 0 spiro atoms. The number of hydrogen-bond acceptors (Lipinski definition) is 3. The predicted octanol–water partition coefficient (Wildman–Crippen LogP) is 1.89. The van der Waals surface area contributed by atoms with E-state index in [9.17, 15) is 4.79 Å². The van der Waals surface area contributed by atoms with Crippen LogP contribution < -0.4 is 0 Å². The van der Waals surface area contributed by atoms with Crippen molar-refractivity contribution in [2.45, 2.75) is 19.8 Å². The molecule has 0 atom stereocenters. The minimum Gasteiger partial charge on any atom is -0.416 e. The van der Waals surface area contributed by atoms with Crippen LogP contribution in [-0.2, 0) is 4.74 Å². The van der Waals surface area contributed by atoms with Gasteiger partial charge in [-0.15, -0.1) is 0 Å². The Balaban J connectivity index is 2.38. The van der Waals surface area contributed by atoms with E-state index in [-0.39, 0.29) is 12.0 Å². The van der Waals surface area contributed by atoms with Gasteiger partial charge >= 0.3 is 6.09 Å². The van der Waals surface area contributed by atoms with Crippen LogP contribution in [0.25, 0.3) is 0 Å². The highest BCUT2D eigenvalue weighted by Crippen LogP contribution is 2.17. The highest BCUT2D eigenvalue weighted by Gasteiger charge is 2.23. The van der Waals surface area contributed by atoms with E-state index in [1.807, 2.05) is 0 Å². The van der Waals surface area contributed by atoms with E-state index < -0.39 is 0 Å². The maximum Gasteiger partial charge on any atom is 0.414 e. The van der Waals surface area contributed by atoms with Crippen LogP contribution >= 0.6 is 0 Å². The van der Waals surface area contributed by atoms with Gasteiger partial charge in [-0.05, 0) is 19.8 Å². The topological polar surface area (TPSA) is 53.3 Å². The number of rotatable bonds is 1. The van der Waals surface area contributed by atoms with E-state index in [4.69, 9.17) is 10.00 Å². The van der Waals surface area contributed by atoms with Gasteiger partial charge in [0.1, 0.15) is 0 Å². The second kappa shape index (κ2) is 4.66. The molecule has 0 aromatic carbocycles. The maximum atomic E-state index is 11.4. The van der Waals surface area contributed by atoms with Gasteiger partial charge in [0.2, 0.25) is 0 Å². The Morgan fingerprint density at radius 3 is 2.57 bits per heavy atom. The number of carbonyl (C=O) groups excluding carboxylic acids is 1. The summed E-state index contributed by atoms with van der Waals surface area (Å²) < 4.78 is 4.87. The summed E-state index contributed by atoms with van der Waals surface area (Å²) in [4.78, 5) is 13.0. The van der Waals surface area contributed by atoms with Gasteiger partial charge in [-0.3, -0.25) is 0 Å². The lowest BCUT2D eigenvalue weighted by molar-refractivity contribution is 0.116. The quantitative estimate of drug-likeness (QED) is 0.599. The highest BCUT2D eigenvalue weighted by molar-refractivity contribution is 5.68. The fourth-order valence-electron chi connectivity index (χ4n) is 1.40. The molecule has 0 unspecified atom stereocenters. The average molecular weight is 194 g/mol. The summed E-state index contributed by atoms with van der Waals surface area (Å²) in [5.74, 6) is 0.487. The number of amides is 1. The van der Waals surface area contributed by atoms with Crippen molar-refractivity contribution in [1.82, 2.24) is 4.90 Å². The van der Waals surface area contributed by atoms with Crippen LogP contribution in [0.2, 0.25) is 0 Å². The summed E-state index contributed by atoms with van der Waals surface area (Å²) in [5, 5.41) is 8.66. The molecule has 0 aromatic rings. The predicted molar refractivity (Wildman–Crippen MR) is 51.2 cm³/mol. The molecule has 4 heteroatoms. The summed E-state index contributed by atoms with van der Waals surface area (Å²) >= 11 is 0. The van der Waals surface area contributed by atoms with Gasteiger partial charge in [0.15, 0.2) is 0 Å². The molecule has 0 bridgehead atoms. The van der Waals surface area contributed by atoms with Gasteiger partial charge in [-0.25, -0.2) is 4.79 Å². The van der Waals surface area contributed by atoms with E-state index in [0.717, 1.165) is 12.8 Å². The molecule has 1 saturated heterocycles. The van der Waals surface area contributed by atoms with Crippen LogP contribution in [0.1, 0.15) is 19.8 Å². The Bertz CT molecular complexity index is 272. The molecule has 0 N–H and O–H groups in total. The normalized spacial score (nSPS) is 17.3. The van der Waals surface area contributed by atoms with Crippen LogP contribution in [0.3, 0.4) is 0 Å². The molecule has 4 nitrogen and oxygen atoms in total. The van der Waals surface area contributed by atoms with E-state index in [1.54, 1.807) is 11.8 Å². The summed E-state index contributed by atoms with van der Waals surface area (Å²) in [6, 6.07) is 2.21. The Morgan fingerprint density at radius 2 is 2.14 bits per heavy atom. The van der Waals surface area contributed by atoms with Crippen LogP contribution in [0.15, 0.2) is 12.3 Å². The third-order valence-electron chi connectivity index (χ3n) is 2.20. The monoisotopic (exact) mass is 194 g/mol. The third kappa shape index (κ3) is 2.77. The SMILES string of the molecule is C=C(C)OC(=O)N1CCC(C#N)CC1. The molecule has 76 valence electrons. The van der Waals surface area contributed by atoms with Crippen molar-refractivity contribution in [3.63, 3.8) is 0 Å². The molecule has 0 saturated carbocycles. The van der Waals surface area contributed by atoms with E-state index in [1.165, 1.54) is 0 Å². The van der Waals surface area contributed by atoms with Gasteiger partial charge in [0.25, 0.3) is 0 Å². The summed E-state index contributed by atoms with van der Waals surface area (Å²) in [6.07, 6.45) is 1.12. The summed E-state index contributed by atoms with van der Waals surface area (Å²) in [7, 11) is 0. The second-order valence-electron chi connectivity index (χ2n) is 3.46. The lowest BCUT2D eigenvalue weighted by Crippen LogP contribution is -2.38. The molecular weight excluding hydrogens is 180 g/mol. The van der Waals surface area contributed by atoms with Crippen molar-refractivity contribution >= 4 is 6.09 Å². The van der Waals surface area contributed by atoms with Crippen molar-refractivity contribution in [1.29, 1.82) is 5.26 Å². The summed E-state index contributed by atoms with van der Waals surface area (Å²) in [6.45, 7) is 6.34. The molecule has 0 aliphatic carbocycles. The first-order valence-electron chi connectivity index (χ1n) is 4.65. The van der Waals surface area contributed by atoms with E-state index in [2.05, 4.69) is 12.6 Å². The number of nitriles is 1. The summed E-state index contributed by atoms with van der Waals surface area (Å²) in [5.41, 5.74) is 0. The average Bonchev–Trinajstić information content (AvgIpc) is 2.17. The van der Waals surface area contributed by atoms with Gasteiger partial charge in [-0.2, -0.15) is 5.26 Å². The lowest BCUT2D eigenvalue weighted by Gasteiger charge is -2.28. The number of carbonyl (C=O) groups is 1. The maximum absolute atomic E-state index is 11.4. The molecule has 1 amide bonds. The Kier molecular flexibility index (Phi) is 3.52. The number of nitrogens with zero attached hydrogens (tertiary/aromatic N) is 2. The zero-order valence-corrected chi connectivity index (χ0v) is 8.32. The first-order valence-corrected chi connectivity index (χ1v) is 4.65. The van der Waals surface area contributed by atoms with Crippen LogP contribution in [-0.4, -0.2) is 24.1 Å². The van der Waals surface area contributed by atoms with Crippen LogP contribution in [0.4, 0.5) is 4.79 Å². The van der Waals surface area contributed by atoms with Gasteiger partial charge < -0.3 is 9.64 Å². The number of allylic oxidation sites excluding steroid dienone is 1. The molecule has 0 radical (unpaired) electrons. The molecule has 0 aromatic heterocycles. The van der Waals surface area contributed by atoms with Crippen molar-refractivity contribution in [3.8, 4) is 6.07 Å². The molecular formula is C10H14N2O2. The first kappa shape index (κ1) is 10.6. The Labute approximate surface area is 83.8 Å². The van der Waals surface area contributed by atoms with E-state index >= 15 is 0 Å². The van der Waals surface area contributed by atoms with Crippen molar-refractivity contribution < 1.29 is 9.53 Å². The molecule has 1 aliphatic heterocycles. The van der Waals surface area contributed by atoms with Gasteiger partial charge in [0.05, 0.1) is 11.8 Å². The zero-order chi connectivity index (χ0) is 10.6.